The molecule has 0 saturated carbocycles. The fourth-order valence-electron chi connectivity index (χ4n) is 1.42. The number of aliphatic carboxylic acids is 1. The molecule has 1 rings (SSSR count). The molecule has 0 spiro atoms. The van der Waals surface area contributed by atoms with Crippen molar-refractivity contribution >= 4 is 17.7 Å². The van der Waals surface area contributed by atoms with Crippen molar-refractivity contribution in [3.63, 3.8) is 0 Å². The monoisotopic (exact) mass is 257 g/mol. The van der Waals surface area contributed by atoms with Crippen LogP contribution in [0.3, 0.4) is 0 Å². The normalized spacial score (nSPS) is 13.6. The van der Waals surface area contributed by atoms with E-state index in [9.17, 15) is 4.79 Å². The third-order valence-corrected chi connectivity index (χ3v) is 4.04. The second-order valence-corrected chi connectivity index (χ2v) is 6.29. The van der Waals surface area contributed by atoms with Crippen molar-refractivity contribution < 1.29 is 9.90 Å². The van der Waals surface area contributed by atoms with Crippen molar-refractivity contribution in [2.75, 3.05) is 5.75 Å². The van der Waals surface area contributed by atoms with Crippen molar-refractivity contribution in [1.82, 2.24) is 9.78 Å². The molecule has 0 fully saturated rings. The topological polar surface area (TPSA) is 81.1 Å². The van der Waals surface area contributed by atoms with Gasteiger partial charge in [0.2, 0.25) is 0 Å². The highest BCUT2D eigenvalue weighted by Gasteiger charge is 2.32. The Morgan fingerprint density at radius 2 is 2.35 bits per heavy atom. The summed E-state index contributed by atoms with van der Waals surface area (Å²) in [5.74, 6) is -0.122. The highest BCUT2D eigenvalue weighted by Crippen LogP contribution is 2.28. The maximum Gasteiger partial charge on any atom is 0.321 e. The van der Waals surface area contributed by atoms with E-state index in [1.807, 2.05) is 33.3 Å². The van der Waals surface area contributed by atoms with Gasteiger partial charge in [-0.3, -0.25) is 9.48 Å². The molecule has 0 unspecified atom stereocenters. The van der Waals surface area contributed by atoms with Gasteiger partial charge in [-0.15, -0.1) is 0 Å². The fraction of sp³-hybridized carbons (Fsp3) is 0.636. The first kappa shape index (κ1) is 14.1. The molecule has 0 bridgehead atoms. The van der Waals surface area contributed by atoms with E-state index in [1.165, 1.54) is 0 Å². The summed E-state index contributed by atoms with van der Waals surface area (Å²) in [6.07, 6.45) is 4.66. The molecule has 1 atom stereocenters. The van der Waals surface area contributed by atoms with Gasteiger partial charge in [-0.25, -0.2) is 0 Å². The largest absolute Gasteiger partial charge is 0.480 e. The first-order chi connectivity index (χ1) is 7.83. The van der Waals surface area contributed by atoms with Gasteiger partial charge in [0.15, 0.2) is 0 Å². The van der Waals surface area contributed by atoms with Gasteiger partial charge in [0.1, 0.15) is 6.04 Å². The second-order valence-electron chi connectivity index (χ2n) is 4.54. The number of nitrogens with zero attached hydrogens (tertiary/aromatic N) is 2. The molecule has 3 N–H and O–H groups in total. The van der Waals surface area contributed by atoms with Crippen molar-refractivity contribution in [3.8, 4) is 0 Å². The highest BCUT2D eigenvalue weighted by molar-refractivity contribution is 8.00. The van der Waals surface area contributed by atoms with Crippen molar-refractivity contribution in [3.05, 3.63) is 18.0 Å². The minimum atomic E-state index is -0.955. The Labute approximate surface area is 105 Å². The molecule has 0 aliphatic heterocycles. The van der Waals surface area contributed by atoms with E-state index in [4.69, 9.17) is 10.8 Å². The second kappa shape index (κ2) is 5.55. The van der Waals surface area contributed by atoms with E-state index in [0.29, 0.717) is 0 Å². The summed E-state index contributed by atoms with van der Waals surface area (Å²) in [5.41, 5.74) is 6.79. The number of aryl methyl sites for hydroxylation is 2. The van der Waals surface area contributed by atoms with Crippen LogP contribution in [0.4, 0.5) is 0 Å². The van der Waals surface area contributed by atoms with Gasteiger partial charge in [-0.1, -0.05) is 0 Å². The first-order valence-corrected chi connectivity index (χ1v) is 6.41. The number of rotatable bonds is 6. The minimum Gasteiger partial charge on any atom is -0.480 e. The molecule has 6 heteroatoms. The van der Waals surface area contributed by atoms with Crippen LogP contribution in [0.15, 0.2) is 12.4 Å². The van der Waals surface area contributed by atoms with Gasteiger partial charge in [0.05, 0.1) is 6.20 Å². The third kappa shape index (κ3) is 4.05. The molecule has 0 radical (unpaired) electrons. The minimum absolute atomic E-state index is 0.464. The predicted molar refractivity (Wildman–Crippen MR) is 69.1 cm³/mol. The van der Waals surface area contributed by atoms with E-state index in [1.54, 1.807) is 16.4 Å². The Kier molecular flexibility index (Phi) is 4.59. The molecule has 0 aliphatic carbocycles. The molecule has 0 aliphatic rings. The van der Waals surface area contributed by atoms with Crippen LogP contribution in [0.25, 0.3) is 0 Å². The number of nitrogens with two attached hydrogens (primary N) is 1. The Morgan fingerprint density at radius 3 is 2.82 bits per heavy atom. The molecule has 5 nitrogen and oxygen atoms in total. The van der Waals surface area contributed by atoms with E-state index in [-0.39, 0.29) is 0 Å². The zero-order valence-electron chi connectivity index (χ0n) is 10.4. The molecule has 0 amide bonds. The lowest BCUT2D eigenvalue weighted by atomic mass is 10.1. The van der Waals surface area contributed by atoms with Crippen LogP contribution in [0.5, 0.6) is 0 Å². The zero-order valence-corrected chi connectivity index (χ0v) is 11.2. The summed E-state index contributed by atoms with van der Waals surface area (Å²) in [6.45, 7) is 3.72. The lowest BCUT2D eigenvalue weighted by Gasteiger charge is -2.27. The highest BCUT2D eigenvalue weighted by atomic mass is 32.2. The van der Waals surface area contributed by atoms with Crippen LogP contribution in [0.1, 0.15) is 19.4 Å². The number of aromatic nitrogens is 2. The average Bonchev–Trinajstić information content (AvgIpc) is 2.62. The molecule has 1 aromatic rings. The van der Waals surface area contributed by atoms with Crippen LogP contribution < -0.4 is 5.73 Å². The summed E-state index contributed by atoms with van der Waals surface area (Å²) in [6, 6.07) is -0.846. The molecule has 1 aromatic heterocycles. The van der Waals surface area contributed by atoms with Crippen molar-refractivity contribution in [2.45, 2.75) is 31.1 Å². The number of carboxylic acid groups (broad SMARTS) is 1. The fourth-order valence-corrected chi connectivity index (χ4v) is 2.56. The quantitative estimate of drug-likeness (QED) is 0.791. The Balaban J connectivity index is 2.42. The van der Waals surface area contributed by atoms with E-state index >= 15 is 0 Å². The van der Waals surface area contributed by atoms with Crippen LogP contribution in [0, 0.1) is 0 Å². The Morgan fingerprint density at radius 1 is 1.71 bits per heavy atom. The van der Waals surface area contributed by atoms with Crippen LogP contribution in [-0.2, 0) is 18.3 Å². The molecule has 17 heavy (non-hydrogen) atoms. The standard InChI is InChI=1S/C11H19N3O2S/c1-11(2,9(12)10(15)16)17-5-4-8-6-13-14(3)7-8/h6-7,9H,4-5,12H2,1-3H3,(H,15,16)/t9-/m1/s1. The maximum absolute atomic E-state index is 10.8. The molecule has 1 heterocycles. The molecular formula is C11H19N3O2S. The number of thioether (sulfide) groups is 1. The van der Waals surface area contributed by atoms with Gasteiger partial charge >= 0.3 is 5.97 Å². The van der Waals surface area contributed by atoms with E-state index in [2.05, 4.69) is 5.10 Å². The first-order valence-electron chi connectivity index (χ1n) is 5.43. The third-order valence-electron chi connectivity index (χ3n) is 2.64. The number of carbonyl (C=O) groups is 1. The number of carboxylic acids is 1. The van der Waals surface area contributed by atoms with Crippen LogP contribution >= 0.6 is 11.8 Å². The number of hydrogen-bond acceptors (Lipinski definition) is 4. The lowest BCUT2D eigenvalue weighted by molar-refractivity contribution is -0.139. The van der Waals surface area contributed by atoms with Crippen molar-refractivity contribution in [2.24, 2.45) is 12.8 Å². The number of hydrogen-bond donors (Lipinski definition) is 2. The van der Waals surface area contributed by atoms with Gasteiger partial charge in [-0.2, -0.15) is 16.9 Å². The average molecular weight is 257 g/mol. The summed E-state index contributed by atoms with van der Waals surface area (Å²) < 4.78 is 1.29. The molecule has 96 valence electrons. The summed E-state index contributed by atoms with van der Waals surface area (Å²) in [7, 11) is 1.88. The summed E-state index contributed by atoms with van der Waals surface area (Å²) in [5, 5.41) is 13.0. The zero-order chi connectivity index (χ0) is 13.1. The maximum atomic E-state index is 10.8. The van der Waals surface area contributed by atoms with E-state index in [0.717, 1.165) is 17.7 Å². The van der Waals surface area contributed by atoms with Crippen LogP contribution in [-0.4, -0.2) is 37.4 Å². The Hall–Kier alpha value is -1.01. The van der Waals surface area contributed by atoms with Crippen molar-refractivity contribution in [1.29, 1.82) is 0 Å². The predicted octanol–water partition coefficient (Wildman–Crippen LogP) is 0.886. The van der Waals surface area contributed by atoms with Gasteiger partial charge in [0.25, 0.3) is 0 Å². The van der Waals surface area contributed by atoms with Gasteiger partial charge in [0, 0.05) is 18.0 Å². The molecule has 0 saturated heterocycles. The Bertz CT molecular complexity index is 390. The summed E-state index contributed by atoms with van der Waals surface area (Å²) >= 11 is 1.58. The molecule has 0 aromatic carbocycles. The van der Waals surface area contributed by atoms with E-state index < -0.39 is 16.8 Å². The van der Waals surface area contributed by atoms with Crippen LogP contribution in [0.2, 0.25) is 0 Å². The smallest absolute Gasteiger partial charge is 0.321 e. The summed E-state index contributed by atoms with van der Waals surface area (Å²) in [4.78, 5) is 10.8. The SMILES string of the molecule is Cn1cc(CCSC(C)(C)[C@H](N)C(=O)O)cn1. The van der Waals surface area contributed by atoms with Gasteiger partial charge < -0.3 is 10.8 Å². The molecular weight excluding hydrogens is 238 g/mol. The lowest BCUT2D eigenvalue weighted by Crippen LogP contribution is -2.46. The van der Waals surface area contributed by atoms with Gasteiger partial charge in [-0.05, 0) is 31.6 Å².